The summed E-state index contributed by atoms with van der Waals surface area (Å²) in [6.45, 7) is 0. The first-order valence-corrected chi connectivity index (χ1v) is 3.87. The van der Waals surface area contributed by atoms with Crippen molar-refractivity contribution >= 4 is 11.6 Å². The first kappa shape index (κ1) is 7.31. The van der Waals surface area contributed by atoms with Crippen molar-refractivity contribution in [2.24, 2.45) is 0 Å². The van der Waals surface area contributed by atoms with Gasteiger partial charge in [-0.1, -0.05) is 11.6 Å². The molecule has 60 valence electrons. The number of rotatable bonds is 1. The first-order chi connectivity index (χ1) is 5.86. The Bertz CT molecular complexity index is 352. The number of halogens is 1. The summed E-state index contributed by atoms with van der Waals surface area (Å²) in [5.41, 5.74) is 1.74. The van der Waals surface area contributed by atoms with Crippen LogP contribution >= 0.6 is 11.6 Å². The van der Waals surface area contributed by atoms with Gasteiger partial charge in [-0.15, -0.1) is 10.2 Å². The van der Waals surface area contributed by atoms with Crippen LogP contribution in [-0.2, 0) is 0 Å². The zero-order valence-corrected chi connectivity index (χ0v) is 6.92. The van der Waals surface area contributed by atoms with Gasteiger partial charge in [0.25, 0.3) is 0 Å². The van der Waals surface area contributed by atoms with E-state index in [1.807, 2.05) is 24.4 Å². The predicted octanol–water partition coefficient (Wildman–Crippen LogP) is 2.13. The Balaban J connectivity index is 2.43. The van der Waals surface area contributed by atoms with E-state index in [4.69, 9.17) is 11.6 Å². The van der Waals surface area contributed by atoms with E-state index in [-0.39, 0.29) is 0 Å². The molecule has 2 aromatic heterocycles. The lowest BCUT2D eigenvalue weighted by Gasteiger charge is -1.94. The number of nitrogens with one attached hydrogen (secondary N) is 1. The lowest BCUT2D eigenvalue weighted by molar-refractivity contribution is 1.03. The van der Waals surface area contributed by atoms with Gasteiger partial charge in [0.05, 0.1) is 5.69 Å². The van der Waals surface area contributed by atoms with Gasteiger partial charge >= 0.3 is 0 Å². The minimum absolute atomic E-state index is 0.408. The van der Waals surface area contributed by atoms with Gasteiger partial charge in [0, 0.05) is 6.20 Å². The summed E-state index contributed by atoms with van der Waals surface area (Å²) in [5, 5.41) is 8.05. The third-order valence-corrected chi connectivity index (χ3v) is 1.71. The molecule has 0 saturated carbocycles. The Labute approximate surface area is 74.4 Å². The number of aromatic amines is 1. The predicted molar refractivity (Wildman–Crippen MR) is 46.8 cm³/mol. The van der Waals surface area contributed by atoms with E-state index in [0.29, 0.717) is 5.15 Å². The monoisotopic (exact) mass is 179 g/mol. The van der Waals surface area contributed by atoms with E-state index < -0.39 is 0 Å². The van der Waals surface area contributed by atoms with Crippen LogP contribution in [0.2, 0.25) is 5.15 Å². The molecule has 3 nitrogen and oxygen atoms in total. The molecular formula is C8H6ClN3. The van der Waals surface area contributed by atoms with E-state index in [9.17, 15) is 0 Å². The highest BCUT2D eigenvalue weighted by Gasteiger charge is 1.98. The van der Waals surface area contributed by atoms with E-state index in [0.717, 1.165) is 11.4 Å². The molecule has 0 saturated heterocycles. The van der Waals surface area contributed by atoms with E-state index in [1.165, 1.54) is 0 Å². The Kier molecular flexibility index (Phi) is 1.80. The second-order valence-electron chi connectivity index (χ2n) is 2.33. The maximum atomic E-state index is 5.59. The molecule has 0 spiro atoms. The van der Waals surface area contributed by atoms with Crippen molar-refractivity contribution in [1.82, 2.24) is 15.2 Å². The SMILES string of the molecule is Clc1ccc(-c2ccc[nH]2)nn1. The molecule has 0 aliphatic carbocycles. The summed E-state index contributed by atoms with van der Waals surface area (Å²) in [7, 11) is 0. The minimum Gasteiger partial charge on any atom is -0.360 e. The lowest BCUT2D eigenvalue weighted by atomic mass is 10.3. The second kappa shape index (κ2) is 2.95. The number of hydrogen-bond acceptors (Lipinski definition) is 2. The van der Waals surface area contributed by atoms with Crippen molar-refractivity contribution in [2.75, 3.05) is 0 Å². The third-order valence-electron chi connectivity index (χ3n) is 1.51. The topological polar surface area (TPSA) is 41.6 Å². The average Bonchev–Trinajstić information content (AvgIpc) is 2.58. The van der Waals surface area contributed by atoms with Crippen LogP contribution in [0.3, 0.4) is 0 Å². The molecule has 0 fully saturated rings. The van der Waals surface area contributed by atoms with E-state index in [1.54, 1.807) is 6.07 Å². The molecule has 0 aromatic carbocycles. The molecule has 12 heavy (non-hydrogen) atoms. The zero-order valence-electron chi connectivity index (χ0n) is 6.16. The number of H-pyrrole nitrogens is 1. The molecule has 0 amide bonds. The van der Waals surface area contributed by atoms with Crippen molar-refractivity contribution in [3.63, 3.8) is 0 Å². The van der Waals surface area contributed by atoms with Gasteiger partial charge in [-0.05, 0) is 24.3 Å². The fourth-order valence-electron chi connectivity index (χ4n) is 0.949. The van der Waals surface area contributed by atoms with Crippen LogP contribution in [0.15, 0.2) is 30.5 Å². The van der Waals surface area contributed by atoms with Gasteiger partial charge < -0.3 is 4.98 Å². The fourth-order valence-corrected chi connectivity index (χ4v) is 1.05. The van der Waals surface area contributed by atoms with Gasteiger partial charge in [-0.3, -0.25) is 0 Å². The van der Waals surface area contributed by atoms with Crippen LogP contribution in [0.5, 0.6) is 0 Å². The Morgan fingerprint density at radius 2 is 2.08 bits per heavy atom. The zero-order chi connectivity index (χ0) is 8.39. The summed E-state index contributed by atoms with van der Waals surface area (Å²) in [4.78, 5) is 3.03. The highest BCUT2D eigenvalue weighted by atomic mass is 35.5. The Morgan fingerprint density at radius 1 is 1.17 bits per heavy atom. The number of nitrogens with zero attached hydrogens (tertiary/aromatic N) is 2. The van der Waals surface area contributed by atoms with Crippen molar-refractivity contribution in [3.8, 4) is 11.4 Å². The quantitative estimate of drug-likeness (QED) is 0.729. The van der Waals surface area contributed by atoms with Crippen LogP contribution in [0.1, 0.15) is 0 Å². The average molecular weight is 180 g/mol. The van der Waals surface area contributed by atoms with Crippen molar-refractivity contribution in [3.05, 3.63) is 35.6 Å². The van der Waals surface area contributed by atoms with Crippen LogP contribution in [0.25, 0.3) is 11.4 Å². The summed E-state index contributed by atoms with van der Waals surface area (Å²) < 4.78 is 0. The van der Waals surface area contributed by atoms with Crippen LogP contribution < -0.4 is 0 Å². The summed E-state index contributed by atoms with van der Waals surface area (Å²) in [6.07, 6.45) is 1.84. The van der Waals surface area contributed by atoms with Crippen LogP contribution in [-0.4, -0.2) is 15.2 Å². The molecule has 0 atom stereocenters. The smallest absolute Gasteiger partial charge is 0.151 e. The number of aromatic nitrogens is 3. The standard InChI is InChI=1S/C8H6ClN3/c9-8-4-3-7(11-12-8)6-2-1-5-10-6/h1-5,10H. The highest BCUT2D eigenvalue weighted by Crippen LogP contribution is 2.13. The Morgan fingerprint density at radius 3 is 2.67 bits per heavy atom. The summed E-state index contributed by atoms with van der Waals surface area (Å²) in [6, 6.07) is 7.37. The van der Waals surface area contributed by atoms with E-state index >= 15 is 0 Å². The molecule has 0 unspecified atom stereocenters. The second-order valence-corrected chi connectivity index (χ2v) is 2.71. The molecule has 4 heteroatoms. The molecule has 2 rings (SSSR count). The normalized spacial score (nSPS) is 10.1. The molecular weight excluding hydrogens is 174 g/mol. The lowest BCUT2D eigenvalue weighted by Crippen LogP contribution is -1.86. The summed E-state index contributed by atoms with van der Waals surface area (Å²) >= 11 is 5.59. The largest absolute Gasteiger partial charge is 0.360 e. The first-order valence-electron chi connectivity index (χ1n) is 3.49. The van der Waals surface area contributed by atoms with Crippen molar-refractivity contribution in [1.29, 1.82) is 0 Å². The van der Waals surface area contributed by atoms with Crippen molar-refractivity contribution in [2.45, 2.75) is 0 Å². The molecule has 1 N–H and O–H groups in total. The van der Waals surface area contributed by atoms with Gasteiger partial charge in [0.1, 0.15) is 5.69 Å². The van der Waals surface area contributed by atoms with E-state index in [2.05, 4.69) is 15.2 Å². The van der Waals surface area contributed by atoms with Crippen LogP contribution in [0.4, 0.5) is 0 Å². The van der Waals surface area contributed by atoms with Crippen LogP contribution in [0, 0.1) is 0 Å². The van der Waals surface area contributed by atoms with Gasteiger partial charge in [0.2, 0.25) is 0 Å². The van der Waals surface area contributed by atoms with Crippen molar-refractivity contribution < 1.29 is 0 Å². The summed E-state index contributed by atoms with van der Waals surface area (Å²) in [5.74, 6) is 0. The van der Waals surface area contributed by atoms with Gasteiger partial charge in [-0.2, -0.15) is 0 Å². The molecule has 0 aliphatic rings. The van der Waals surface area contributed by atoms with Gasteiger partial charge in [0.15, 0.2) is 5.15 Å². The molecule has 0 bridgehead atoms. The third kappa shape index (κ3) is 1.31. The minimum atomic E-state index is 0.408. The number of hydrogen-bond donors (Lipinski definition) is 1. The highest BCUT2D eigenvalue weighted by molar-refractivity contribution is 6.29. The molecule has 0 aliphatic heterocycles. The Hall–Kier alpha value is -1.35. The maximum Gasteiger partial charge on any atom is 0.151 e. The van der Waals surface area contributed by atoms with Gasteiger partial charge in [-0.25, -0.2) is 0 Å². The maximum absolute atomic E-state index is 5.59. The molecule has 2 aromatic rings. The molecule has 0 radical (unpaired) electrons. The fraction of sp³-hybridized carbons (Fsp3) is 0. The molecule has 2 heterocycles.